The highest BCUT2D eigenvalue weighted by atomic mass is 31.2. The number of aromatic nitrogens is 4. The van der Waals surface area contributed by atoms with E-state index in [9.17, 15) is 14.5 Å². The minimum Gasteiger partial charge on any atom is -0.487 e. The highest BCUT2D eigenvalue weighted by Gasteiger charge is 2.73. The summed E-state index contributed by atoms with van der Waals surface area (Å²) >= 11 is 0. The number of esters is 1. The number of carbonyl (C=O) groups excluding carboxylic acids is 1. The van der Waals surface area contributed by atoms with Crippen LogP contribution in [0.2, 0.25) is 0 Å². The monoisotopic (exact) mass is 579 g/mol. The van der Waals surface area contributed by atoms with Crippen LogP contribution in [0.15, 0.2) is 30.6 Å². The SMILES string of the molecule is CNc1nc(N)nc2c1ncn2C1OC(COc2ccccc2OP2(=O)C[C@]2(N)C(=O)OC(C)C)C(O)C1(C)F. The molecule has 14 nitrogen and oxygen atoms in total. The van der Waals surface area contributed by atoms with Crippen LogP contribution in [-0.2, 0) is 18.8 Å². The third kappa shape index (κ3) is 4.62. The lowest BCUT2D eigenvalue weighted by Crippen LogP contribution is -2.41. The van der Waals surface area contributed by atoms with Gasteiger partial charge in [0, 0.05) is 7.05 Å². The summed E-state index contributed by atoms with van der Waals surface area (Å²) in [5.41, 5.74) is 10.1. The minimum absolute atomic E-state index is 0.0530. The fourth-order valence-electron chi connectivity index (χ4n) is 4.52. The van der Waals surface area contributed by atoms with Gasteiger partial charge in [0.25, 0.3) is 7.37 Å². The fourth-order valence-corrected chi connectivity index (χ4v) is 6.59. The van der Waals surface area contributed by atoms with Crippen LogP contribution in [0.5, 0.6) is 11.5 Å². The summed E-state index contributed by atoms with van der Waals surface area (Å²) in [6.07, 6.45) is -3.34. The molecule has 2 saturated heterocycles. The largest absolute Gasteiger partial charge is 0.487 e. The van der Waals surface area contributed by atoms with Crippen molar-refractivity contribution in [2.75, 3.05) is 30.9 Å². The normalized spacial score (nSPS) is 31.4. The second-order valence-corrected chi connectivity index (χ2v) is 12.8. The van der Waals surface area contributed by atoms with Crippen LogP contribution in [0, 0.1) is 0 Å². The average Bonchev–Trinajstić information content (AvgIpc) is 3.13. The van der Waals surface area contributed by atoms with Crippen LogP contribution >= 0.6 is 7.37 Å². The first-order valence-corrected chi connectivity index (χ1v) is 14.3. The number of hydrogen-bond acceptors (Lipinski definition) is 13. The van der Waals surface area contributed by atoms with Gasteiger partial charge in [0.05, 0.1) is 18.6 Å². The number of nitrogens with zero attached hydrogens (tertiary/aromatic N) is 4. The van der Waals surface area contributed by atoms with Crippen molar-refractivity contribution in [3.05, 3.63) is 30.6 Å². The van der Waals surface area contributed by atoms with Crippen LogP contribution < -0.4 is 26.0 Å². The molecule has 0 saturated carbocycles. The third-order valence-electron chi connectivity index (χ3n) is 6.79. The minimum atomic E-state index is -3.61. The first kappa shape index (κ1) is 28.0. The predicted molar refractivity (Wildman–Crippen MR) is 142 cm³/mol. The molecule has 2 fully saturated rings. The molecule has 0 spiro atoms. The number of ether oxygens (including phenoxy) is 3. The molecule has 6 atom stereocenters. The molecule has 5 unspecified atom stereocenters. The van der Waals surface area contributed by atoms with Crippen molar-refractivity contribution in [3.8, 4) is 11.5 Å². The van der Waals surface area contributed by atoms with E-state index in [0.29, 0.717) is 11.3 Å². The lowest BCUT2D eigenvalue weighted by Gasteiger charge is -2.24. The van der Waals surface area contributed by atoms with Gasteiger partial charge < -0.3 is 40.6 Å². The first-order valence-electron chi connectivity index (χ1n) is 12.5. The maximum absolute atomic E-state index is 15.9. The van der Waals surface area contributed by atoms with E-state index in [4.69, 9.17) is 30.2 Å². The van der Waals surface area contributed by atoms with E-state index < -0.39 is 48.8 Å². The number of benzene rings is 1. The maximum Gasteiger partial charge on any atom is 0.338 e. The van der Waals surface area contributed by atoms with Crippen molar-refractivity contribution in [1.82, 2.24) is 19.5 Å². The van der Waals surface area contributed by atoms with Crippen molar-refractivity contribution in [1.29, 1.82) is 0 Å². The highest BCUT2D eigenvalue weighted by Crippen LogP contribution is 2.73. The topological polar surface area (TPSA) is 199 Å². The van der Waals surface area contributed by atoms with Gasteiger partial charge in [-0.05, 0) is 32.9 Å². The zero-order valence-electron chi connectivity index (χ0n) is 22.3. The molecule has 2 aliphatic rings. The Balaban J connectivity index is 1.32. The Morgan fingerprint density at radius 3 is 2.73 bits per heavy atom. The number of hydrogen-bond donors (Lipinski definition) is 4. The fraction of sp³-hybridized carbons (Fsp3) is 0.500. The Hall–Kier alpha value is -3.52. The Morgan fingerprint density at radius 1 is 1.35 bits per heavy atom. The van der Waals surface area contributed by atoms with Gasteiger partial charge in [-0.3, -0.25) is 9.13 Å². The average molecular weight is 580 g/mol. The molecule has 16 heteroatoms. The molecule has 6 N–H and O–H groups in total. The molecule has 0 bridgehead atoms. The Morgan fingerprint density at radius 2 is 2.05 bits per heavy atom. The second kappa shape index (κ2) is 9.84. The third-order valence-corrected chi connectivity index (χ3v) is 9.37. The Labute approximate surface area is 228 Å². The molecule has 0 radical (unpaired) electrons. The van der Waals surface area contributed by atoms with Crippen molar-refractivity contribution < 1.29 is 37.6 Å². The van der Waals surface area contributed by atoms with Crippen molar-refractivity contribution in [2.45, 2.75) is 56.3 Å². The number of halogens is 1. The van der Waals surface area contributed by atoms with Gasteiger partial charge in [0.2, 0.25) is 11.2 Å². The number of aliphatic hydroxyl groups excluding tert-OH is 1. The molecule has 0 amide bonds. The second-order valence-electron chi connectivity index (χ2n) is 10.2. The number of nitrogens with one attached hydrogen (secondary N) is 1. The quantitative estimate of drug-likeness (QED) is 0.211. The highest BCUT2D eigenvalue weighted by molar-refractivity contribution is 7.70. The van der Waals surface area contributed by atoms with E-state index in [1.54, 1.807) is 33.0 Å². The van der Waals surface area contributed by atoms with Crippen LogP contribution in [0.1, 0.15) is 27.0 Å². The maximum atomic E-state index is 15.9. The van der Waals surface area contributed by atoms with Gasteiger partial charge >= 0.3 is 5.97 Å². The predicted octanol–water partition coefficient (Wildman–Crippen LogP) is 1.79. The van der Waals surface area contributed by atoms with E-state index in [2.05, 4.69) is 20.3 Å². The molecule has 4 heterocycles. The number of fused-ring (bicyclic) bond motifs is 1. The molecule has 5 rings (SSSR count). The van der Waals surface area contributed by atoms with Crippen LogP contribution in [0.4, 0.5) is 16.2 Å². The number of aliphatic hydroxyl groups is 1. The number of anilines is 2. The van der Waals surface area contributed by atoms with Gasteiger partial charge in [0.15, 0.2) is 40.4 Å². The zero-order chi connectivity index (χ0) is 29.0. The van der Waals surface area contributed by atoms with Gasteiger partial charge in [-0.2, -0.15) is 9.97 Å². The standard InChI is InChI=1S/C24H31FN7O7P/c1-12(2)37-21(34)24(27)10-40(24,35)39-14-8-6-5-7-13(14)36-9-15-17(33)23(3,25)20(38-15)32-11-29-16-18(28-4)30-22(26)31-19(16)32/h5-8,11-12,15,17,20,33H,9-10,27H2,1-4H3,(H3,26,28,30,31)/t15?,17?,20?,23?,24-,40?/m1/s1. The summed E-state index contributed by atoms with van der Waals surface area (Å²) in [5, 5.41) is 11.9. The van der Waals surface area contributed by atoms with Crippen molar-refractivity contribution >= 4 is 36.3 Å². The number of carbonyl (C=O) groups is 1. The lowest BCUT2D eigenvalue weighted by molar-refractivity contribution is -0.148. The number of rotatable bonds is 9. The molecule has 216 valence electrons. The van der Waals surface area contributed by atoms with Gasteiger partial charge in [-0.15, -0.1) is 0 Å². The van der Waals surface area contributed by atoms with Gasteiger partial charge in [-0.25, -0.2) is 14.2 Å². The first-order chi connectivity index (χ1) is 18.8. The number of nitrogens with two attached hydrogens (primary N) is 2. The molecule has 0 aliphatic carbocycles. The summed E-state index contributed by atoms with van der Waals surface area (Å²) in [6.45, 7) is 4.22. The van der Waals surface area contributed by atoms with E-state index in [-0.39, 0.29) is 35.9 Å². The molecule has 40 heavy (non-hydrogen) atoms. The zero-order valence-corrected chi connectivity index (χ0v) is 23.2. The molecule has 3 aromatic rings. The van der Waals surface area contributed by atoms with Crippen LogP contribution in [0.3, 0.4) is 0 Å². The lowest BCUT2D eigenvalue weighted by atomic mass is 9.98. The molecular formula is C24H31FN7O7P. The summed E-state index contributed by atoms with van der Waals surface area (Å²) in [7, 11) is -1.98. The van der Waals surface area contributed by atoms with Gasteiger partial charge in [-0.1, -0.05) is 12.1 Å². The molecular weight excluding hydrogens is 548 g/mol. The summed E-state index contributed by atoms with van der Waals surface area (Å²) < 4.78 is 53.0. The summed E-state index contributed by atoms with van der Waals surface area (Å²) in [6, 6.07) is 6.29. The summed E-state index contributed by atoms with van der Waals surface area (Å²) in [5.74, 6) is -0.305. The Bertz CT molecular complexity index is 1500. The number of imidazole rings is 1. The van der Waals surface area contributed by atoms with E-state index >= 15 is 4.39 Å². The van der Waals surface area contributed by atoms with Crippen molar-refractivity contribution in [2.24, 2.45) is 5.73 Å². The number of alkyl halides is 1. The summed E-state index contributed by atoms with van der Waals surface area (Å²) in [4.78, 5) is 24.8. The van der Waals surface area contributed by atoms with E-state index in [1.807, 2.05) is 0 Å². The van der Waals surface area contributed by atoms with E-state index in [1.165, 1.54) is 30.0 Å². The number of nitrogen functional groups attached to an aromatic ring is 1. The molecule has 1 aromatic carbocycles. The van der Waals surface area contributed by atoms with E-state index in [0.717, 1.165) is 0 Å². The van der Waals surface area contributed by atoms with Gasteiger partial charge in [0.1, 0.15) is 18.8 Å². The molecule has 2 aromatic heterocycles. The number of para-hydroxylation sites is 2. The molecule has 2 aliphatic heterocycles. The van der Waals surface area contributed by atoms with Crippen LogP contribution in [0.25, 0.3) is 11.2 Å². The smallest absolute Gasteiger partial charge is 0.338 e. The Kier molecular flexibility index (Phi) is 6.89. The van der Waals surface area contributed by atoms with Crippen molar-refractivity contribution in [3.63, 3.8) is 0 Å². The van der Waals surface area contributed by atoms with Crippen LogP contribution in [-0.4, -0.2) is 79.7 Å².